The molecule has 1 rings (SSSR count). The zero-order chi connectivity index (χ0) is 10.0. The number of rotatable bonds is 2. The molecule has 0 bridgehead atoms. The van der Waals surface area contributed by atoms with Crippen LogP contribution in [0.1, 0.15) is 17.8 Å². The van der Waals surface area contributed by atoms with E-state index in [2.05, 4.69) is 20.9 Å². The minimum atomic E-state index is -2.68. The lowest BCUT2D eigenvalue weighted by molar-refractivity contribution is 0.144. The summed E-state index contributed by atoms with van der Waals surface area (Å²) in [6.45, 7) is -0.453. The molecule has 1 N–H and O–H groups in total. The predicted molar refractivity (Wildman–Crippen MR) is 47.8 cm³/mol. The lowest BCUT2D eigenvalue weighted by atomic mass is 10.3. The van der Waals surface area contributed by atoms with E-state index < -0.39 is 18.7 Å². The third kappa shape index (κ3) is 2.36. The van der Waals surface area contributed by atoms with Crippen LogP contribution >= 0.6 is 27.5 Å². The standard InChI is InChI=1S/C7H5BrClF2NO/c8-3-1-4(9)5(2-13)12-6(3)7(10)11/h1,7,13H,2H2. The molecule has 6 heteroatoms. The molecule has 0 amide bonds. The van der Waals surface area contributed by atoms with Gasteiger partial charge in [-0.15, -0.1) is 0 Å². The van der Waals surface area contributed by atoms with Gasteiger partial charge in [-0.25, -0.2) is 13.8 Å². The van der Waals surface area contributed by atoms with E-state index in [-0.39, 0.29) is 15.2 Å². The number of pyridine rings is 1. The van der Waals surface area contributed by atoms with Crippen LogP contribution in [0.3, 0.4) is 0 Å². The van der Waals surface area contributed by atoms with Gasteiger partial charge in [0, 0.05) is 4.47 Å². The minimum Gasteiger partial charge on any atom is -0.390 e. The number of hydrogen-bond acceptors (Lipinski definition) is 2. The molecule has 0 radical (unpaired) electrons. The molecule has 13 heavy (non-hydrogen) atoms. The van der Waals surface area contributed by atoms with E-state index in [4.69, 9.17) is 16.7 Å². The highest BCUT2D eigenvalue weighted by atomic mass is 79.9. The van der Waals surface area contributed by atoms with Crippen LogP contribution in [0.5, 0.6) is 0 Å². The van der Waals surface area contributed by atoms with Crippen molar-refractivity contribution in [3.63, 3.8) is 0 Å². The zero-order valence-corrected chi connectivity index (χ0v) is 8.61. The fraction of sp³-hybridized carbons (Fsp3) is 0.286. The van der Waals surface area contributed by atoms with Crippen molar-refractivity contribution in [1.29, 1.82) is 0 Å². The Kier molecular flexibility index (Phi) is 3.58. The number of aliphatic hydroxyl groups excluding tert-OH is 1. The van der Waals surface area contributed by atoms with Gasteiger partial charge in [0.15, 0.2) is 0 Å². The third-order valence-electron chi connectivity index (χ3n) is 1.39. The number of halogens is 4. The third-order valence-corrected chi connectivity index (χ3v) is 2.35. The largest absolute Gasteiger partial charge is 0.390 e. The van der Waals surface area contributed by atoms with E-state index in [1.165, 1.54) is 6.07 Å². The number of alkyl halides is 2. The molecule has 1 aromatic rings. The zero-order valence-electron chi connectivity index (χ0n) is 6.27. The van der Waals surface area contributed by atoms with Gasteiger partial charge in [0.05, 0.1) is 17.3 Å². The fourth-order valence-electron chi connectivity index (χ4n) is 0.785. The summed E-state index contributed by atoms with van der Waals surface area (Å²) in [4.78, 5) is 3.51. The summed E-state index contributed by atoms with van der Waals surface area (Å²) >= 11 is 8.51. The maximum absolute atomic E-state index is 12.3. The molecule has 0 unspecified atom stereocenters. The second-order valence-electron chi connectivity index (χ2n) is 2.24. The molecule has 1 aromatic heterocycles. The molecular formula is C7H5BrClF2NO. The highest BCUT2D eigenvalue weighted by Gasteiger charge is 2.16. The Morgan fingerprint density at radius 3 is 2.69 bits per heavy atom. The topological polar surface area (TPSA) is 33.1 Å². The predicted octanol–water partition coefficient (Wildman–Crippen LogP) is 2.93. The molecule has 0 saturated heterocycles. The first-order valence-corrected chi connectivity index (χ1v) is 4.47. The van der Waals surface area contributed by atoms with Crippen LogP contribution in [0, 0.1) is 0 Å². The van der Waals surface area contributed by atoms with E-state index in [1.807, 2.05) is 0 Å². The van der Waals surface area contributed by atoms with Crippen molar-refractivity contribution in [1.82, 2.24) is 4.98 Å². The molecule has 0 fully saturated rings. The van der Waals surface area contributed by atoms with Crippen LogP contribution in [-0.2, 0) is 6.61 Å². The van der Waals surface area contributed by atoms with Crippen molar-refractivity contribution in [2.45, 2.75) is 13.0 Å². The van der Waals surface area contributed by atoms with Gasteiger partial charge in [-0.1, -0.05) is 11.6 Å². The van der Waals surface area contributed by atoms with Crippen molar-refractivity contribution in [2.24, 2.45) is 0 Å². The van der Waals surface area contributed by atoms with Gasteiger partial charge < -0.3 is 5.11 Å². The summed E-state index contributed by atoms with van der Waals surface area (Å²) < 4.78 is 24.7. The lowest BCUT2D eigenvalue weighted by Gasteiger charge is -2.06. The summed E-state index contributed by atoms with van der Waals surface area (Å²) in [7, 11) is 0. The number of hydrogen-bond donors (Lipinski definition) is 1. The van der Waals surface area contributed by atoms with Crippen LogP contribution in [-0.4, -0.2) is 10.1 Å². The Morgan fingerprint density at radius 2 is 2.23 bits per heavy atom. The molecule has 0 aliphatic heterocycles. The Labute approximate surface area is 86.7 Å². The van der Waals surface area contributed by atoms with Gasteiger partial charge in [-0.05, 0) is 22.0 Å². The minimum absolute atomic E-state index is 0.0557. The Morgan fingerprint density at radius 1 is 1.62 bits per heavy atom. The Balaban J connectivity index is 3.22. The SMILES string of the molecule is OCc1nc(C(F)F)c(Br)cc1Cl. The van der Waals surface area contributed by atoms with Gasteiger partial charge >= 0.3 is 0 Å². The van der Waals surface area contributed by atoms with E-state index >= 15 is 0 Å². The van der Waals surface area contributed by atoms with Gasteiger partial charge in [0.2, 0.25) is 0 Å². The smallest absolute Gasteiger partial charge is 0.281 e. The normalized spacial score (nSPS) is 10.9. The van der Waals surface area contributed by atoms with E-state index in [0.717, 1.165) is 0 Å². The molecule has 0 aliphatic rings. The summed E-state index contributed by atoms with van der Waals surface area (Å²) in [5.41, 5.74) is -0.353. The van der Waals surface area contributed by atoms with Crippen LogP contribution in [0.4, 0.5) is 8.78 Å². The van der Waals surface area contributed by atoms with Crippen molar-refractivity contribution in [3.05, 3.63) is 26.9 Å². The molecule has 0 spiro atoms. The molecule has 0 saturated carbocycles. The van der Waals surface area contributed by atoms with Gasteiger partial charge in [0.25, 0.3) is 6.43 Å². The summed E-state index contributed by atoms with van der Waals surface area (Å²) in [5, 5.41) is 8.87. The first-order chi connectivity index (χ1) is 6.06. The van der Waals surface area contributed by atoms with Crippen molar-refractivity contribution < 1.29 is 13.9 Å². The number of nitrogens with zero attached hydrogens (tertiary/aromatic N) is 1. The monoisotopic (exact) mass is 271 g/mol. The second-order valence-corrected chi connectivity index (χ2v) is 3.50. The summed E-state index contributed by atoms with van der Waals surface area (Å²) in [6, 6.07) is 1.29. The van der Waals surface area contributed by atoms with Gasteiger partial charge in [-0.2, -0.15) is 0 Å². The Bertz CT molecular complexity index is 322. The quantitative estimate of drug-likeness (QED) is 0.898. The highest BCUT2D eigenvalue weighted by Crippen LogP contribution is 2.29. The van der Waals surface area contributed by atoms with E-state index in [9.17, 15) is 8.78 Å². The van der Waals surface area contributed by atoms with Crippen molar-refractivity contribution >= 4 is 27.5 Å². The van der Waals surface area contributed by atoms with Crippen LogP contribution in [0.15, 0.2) is 10.5 Å². The molecule has 1 heterocycles. The second kappa shape index (κ2) is 4.30. The van der Waals surface area contributed by atoms with E-state index in [1.54, 1.807) is 0 Å². The average Bonchev–Trinajstić information content (AvgIpc) is 2.03. The Hall–Kier alpha value is -0.260. The van der Waals surface area contributed by atoms with E-state index in [0.29, 0.717) is 0 Å². The summed E-state index contributed by atoms with van der Waals surface area (Å²) in [6.07, 6.45) is -2.68. The van der Waals surface area contributed by atoms with Crippen LogP contribution < -0.4 is 0 Å². The number of aromatic nitrogens is 1. The van der Waals surface area contributed by atoms with Crippen molar-refractivity contribution in [2.75, 3.05) is 0 Å². The fourth-order valence-corrected chi connectivity index (χ4v) is 1.62. The molecular weight excluding hydrogens is 267 g/mol. The first kappa shape index (κ1) is 10.8. The molecule has 0 atom stereocenters. The maximum Gasteiger partial charge on any atom is 0.281 e. The lowest BCUT2D eigenvalue weighted by Crippen LogP contribution is -1.98. The van der Waals surface area contributed by atoms with Gasteiger partial charge in [-0.3, -0.25) is 0 Å². The van der Waals surface area contributed by atoms with Gasteiger partial charge in [0.1, 0.15) is 5.69 Å². The summed E-state index contributed by atoms with van der Waals surface area (Å²) in [5.74, 6) is 0. The molecule has 0 aromatic carbocycles. The van der Waals surface area contributed by atoms with Crippen LogP contribution in [0.25, 0.3) is 0 Å². The molecule has 72 valence electrons. The van der Waals surface area contributed by atoms with Crippen LogP contribution in [0.2, 0.25) is 5.02 Å². The highest BCUT2D eigenvalue weighted by molar-refractivity contribution is 9.10. The number of aliphatic hydroxyl groups is 1. The van der Waals surface area contributed by atoms with Crippen molar-refractivity contribution in [3.8, 4) is 0 Å². The maximum atomic E-state index is 12.3. The first-order valence-electron chi connectivity index (χ1n) is 3.30. The average molecular weight is 272 g/mol. The molecule has 2 nitrogen and oxygen atoms in total. The molecule has 0 aliphatic carbocycles.